The van der Waals surface area contributed by atoms with Crippen molar-refractivity contribution in [1.29, 1.82) is 0 Å². The molecular weight excluding hydrogens is 382 g/mol. The number of hydrogen-bond donors (Lipinski definition) is 2. The summed E-state index contributed by atoms with van der Waals surface area (Å²) >= 11 is 3.44. The molecule has 2 N–H and O–H groups in total. The van der Waals surface area contributed by atoms with Crippen LogP contribution in [0.4, 0.5) is 11.4 Å². The van der Waals surface area contributed by atoms with Gasteiger partial charge in [0.05, 0.1) is 5.69 Å². The molecule has 5 nitrogen and oxygen atoms in total. The van der Waals surface area contributed by atoms with Crippen LogP contribution in [0.1, 0.15) is 17.5 Å². The van der Waals surface area contributed by atoms with Gasteiger partial charge in [0, 0.05) is 16.6 Å². The van der Waals surface area contributed by atoms with Crippen LogP contribution in [-0.2, 0) is 9.59 Å². The maximum Gasteiger partial charge on any atom is 0.273 e. The predicted octanol–water partition coefficient (Wildman–Crippen LogP) is 3.83. The molecular formula is C19H18BrN3O2. The minimum atomic E-state index is -0.286. The number of nitrogens with one attached hydrogen (secondary N) is 2. The van der Waals surface area contributed by atoms with E-state index in [1.54, 1.807) is 6.08 Å². The topological polar surface area (TPSA) is 61.4 Å². The molecule has 0 radical (unpaired) electrons. The van der Waals surface area contributed by atoms with Crippen LogP contribution >= 0.6 is 15.9 Å². The Morgan fingerprint density at radius 1 is 1.16 bits per heavy atom. The van der Waals surface area contributed by atoms with E-state index in [2.05, 4.69) is 26.7 Å². The SMILES string of the molecule is Cc1ccc(N2NC(C(=O)Nc3ccc(Br)c(C)c3)=CCC2=O)cc1. The number of nitrogens with zero attached hydrogens (tertiary/aromatic N) is 1. The summed E-state index contributed by atoms with van der Waals surface area (Å²) in [6.45, 7) is 3.93. The predicted molar refractivity (Wildman–Crippen MR) is 102 cm³/mol. The van der Waals surface area contributed by atoms with E-state index in [0.717, 1.165) is 15.6 Å². The van der Waals surface area contributed by atoms with Gasteiger partial charge < -0.3 is 5.32 Å². The van der Waals surface area contributed by atoms with Crippen molar-refractivity contribution in [3.8, 4) is 0 Å². The smallest absolute Gasteiger partial charge is 0.273 e. The fourth-order valence-electron chi connectivity index (χ4n) is 2.48. The first-order valence-electron chi connectivity index (χ1n) is 7.88. The minimum Gasteiger partial charge on any atom is -0.321 e. The molecule has 0 atom stereocenters. The van der Waals surface area contributed by atoms with Crippen molar-refractivity contribution >= 4 is 39.1 Å². The molecule has 2 amide bonds. The van der Waals surface area contributed by atoms with Crippen LogP contribution < -0.4 is 15.8 Å². The van der Waals surface area contributed by atoms with Crippen LogP contribution in [0.25, 0.3) is 0 Å². The van der Waals surface area contributed by atoms with E-state index < -0.39 is 0 Å². The van der Waals surface area contributed by atoms with Gasteiger partial charge in [0.2, 0.25) is 5.91 Å². The molecule has 0 aliphatic carbocycles. The number of rotatable bonds is 3. The summed E-state index contributed by atoms with van der Waals surface area (Å²) in [7, 11) is 0. The van der Waals surface area contributed by atoms with Crippen molar-refractivity contribution in [2.24, 2.45) is 0 Å². The first-order chi connectivity index (χ1) is 11.9. The summed E-state index contributed by atoms with van der Waals surface area (Å²) in [5, 5.41) is 4.25. The Labute approximate surface area is 154 Å². The fourth-order valence-corrected chi connectivity index (χ4v) is 2.72. The van der Waals surface area contributed by atoms with E-state index in [0.29, 0.717) is 17.1 Å². The second-order valence-corrected chi connectivity index (χ2v) is 6.77. The average Bonchev–Trinajstić information content (AvgIpc) is 2.59. The zero-order chi connectivity index (χ0) is 18.0. The van der Waals surface area contributed by atoms with Gasteiger partial charge in [-0.15, -0.1) is 0 Å². The van der Waals surface area contributed by atoms with Gasteiger partial charge in [0.1, 0.15) is 5.70 Å². The zero-order valence-electron chi connectivity index (χ0n) is 14.0. The number of benzene rings is 2. The minimum absolute atomic E-state index is 0.111. The maximum atomic E-state index is 12.5. The lowest BCUT2D eigenvalue weighted by molar-refractivity contribution is -0.119. The van der Waals surface area contributed by atoms with Gasteiger partial charge in [-0.05, 0) is 55.8 Å². The molecule has 6 heteroatoms. The largest absolute Gasteiger partial charge is 0.321 e. The molecule has 1 heterocycles. The summed E-state index contributed by atoms with van der Waals surface area (Å²) in [4.78, 5) is 24.7. The van der Waals surface area contributed by atoms with Crippen molar-refractivity contribution in [2.75, 3.05) is 10.3 Å². The summed E-state index contributed by atoms with van der Waals surface area (Å²) in [5.41, 5.74) is 6.79. The normalized spacial score (nSPS) is 14.0. The van der Waals surface area contributed by atoms with Crippen molar-refractivity contribution in [1.82, 2.24) is 5.43 Å². The standard InChI is InChI=1S/C19H18BrN3O2/c1-12-3-6-15(7-4-12)23-18(24)10-9-17(22-23)19(25)21-14-5-8-16(20)13(2)11-14/h3-9,11,22H,10H2,1-2H3,(H,21,25). The molecule has 25 heavy (non-hydrogen) atoms. The van der Waals surface area contributed by atoms with E-state index in [1.807, 2.05) is 56.3 Å². The van der Waals surface area contributed by atoms with Gasteiger partial charge >= 0.3 is 0 Å². The molecule has 0 saturated heterocycles. The van der Waals surface area contributed by atoms with Crippen LogP contribution in [-0.4, -0.2) is 11.8 Å². The van der Waals surface area contributed by atoms with Gasteiger partial charge in [0.15, 0.2) is 0 Å². The average molecular weight is 400 g/mol. The molecule has 0 saturated carbocycles. The lowest BCUT2D eigenvalue weighted by atomic mass is 10.2. The second kappa shape index (κ2) is 7.11. The Morgan fingerprint density at radius 2 is 1.88 bits per heavy atom. The number of amides is 2. The Hall–Kier alpha value is -2.60. The summed E-state index contributed by atoms with van der Waals surface area (Å²) < 4.78 is 0.983. The third kappa shape index (κ3) is 3.91. The molecule has 0 unspecified atom stereocenters. The second-order valence-electron chi connectivity index (χ2n) is 5.92. The van der Waals surface area contributed by atoms with Gasteiger partial charge in [-0.3, -0.25) is 15.0 Å². The van der Waals surface area contributed by atoms with Crippen molar-refractivity contribution in [3.05, 3.63) is 69.8 Å². The Balaban J connectivity index is 1.75. The van der Waals surface area contributed by atoms with E-state index in [1.165, 1.54) is 5.01 Å². The molecule has 1 aliphatic heterocycles. The van der Waals surface area contributed by atoms with Gasteiger partial charge in [0.25, 0.3) is 5.91 Å². The zero-order valence-corrected chi connectivity index (χ0v) is 15.6. The monoisotopic (exact) mass is 399 g/mol. The van der Waals surface area contributed by atoms with Gasteiger partial charge in [-0.1, -0.05) is 33.6 Å². The molecule has 2 aromatic carbocycles. The van der Waals surface area contributed by atoms with E-state index >= 15 is 0 Å². The molecule has 2 aromatic rings. The van der Waals surface area contributed by atoms with Crippen molar-refractivity contribution in [3.63, 3.8) is 0 Å². The highest BCUT2D eigenvalue weighted by Gasteiger charge is 2.24. The van der Waals surface area contributed by atoms with Gasteiger partial charge in [-0.25, -0.2) is 5.01 Å². The number of anilines is 2. The number of carbonyl (C=O) groups is 2. The van der Waals surface area contributed by atoms with Crippen molar-refractivity contribution in [2.45, 2.75) is 20.3 Å². The molecule has 0 spiro atoms. The van der Waals surface area contributed by atoms with Crippen LogP contribution in [0.3, 0.4) is 0 Å². The number of hydrogen-bond acceptors (Lipinski definition) is 3. The Kier molecular flexibility index (Phi) is 4.90. The Morgan fingerprint density at radius 3 is 2.56 bits per heavy atom. The maximum absolute atomic E-state index is 12.5. The third-order valence-electron chi connectivity index (χ3n) is 3.92. The van der Waals surface area contributed by atoms with Gasteiger partial charge in [-0.2, -0.15) is 0 Å². The highest BCUT2D eigenvalue weighted by molar-refractivity contribution is 9.10. The summed E-state index contributed by atoms with van der Waals surface area (Å²) in [5.74, 6) is -0.397. The van der Waals surface area contributed by atoms with Crippen LogP contribution in [0, 0.1) is 13.8 Å². The number of hydrazine groups is 1. The molecule has 0 aromatic heterocycles. The number of aryl methyl sites for hydroxylation is 2. The fraction of sp³-hybridized carbons (Fsp3) is 0.158. The lowest BCUT2D eigenvalue weighted by Crippen LogP contribution is -2.47. The molecule has 1 aliphatic rings. The third-order valence-corrected chi connectivity index (χ3v) is 4.80. The van der Waals surface area contributed by atoms with Crippen LogP contribution in [0.5, 0.6) is 0 Å². The number of halogens is 1. The quantitative estimate of drug-likeness (QED) is 0.824. The van der Waals surface area contributed by atoms with E-state index in [-0.39, 0.29) is 18.2 Å². The molecule has 0 bridgehead atoms. The van der Waals surface area contributed by atoms with Crippen LogP contribution in [0.15, 0.2) is 58.7 Å². The lowest BCUT2D eigenvalue weighted by Gasteiger charge is -2.28. The number of carbonyl (C=O) groups excluding carboxylic acids is 2. The molecule has 3 rings (SSSR count). The Bertz CT molecular complexity index is 859. The first kappa shape index (κ1) is 17.2. The molecule has 0 fully saturated rings. The summed E-state index contributed by atoms with van der Waals surface area (Å²) in [6, 6.07) is 13.1. The molecule has 128 valence electrons. The highest BCUT2D eigenvalue weighted by atomic mass is 79.9. The van der Waals surface area contributed by atoms with E-state index in [9.17, 15) is 9.59 Å². The van der Waals surface area contributed by atoms with Crippen LogP contribution in [0.2, 0.25) is 0 Å². The van der Waals surface area contributed by atoms with Crippen molar-refractivity contribution < 1.29 is 9.59 Å². The highest BCUT2D eigenvalue weighted by Crippen LogP contribution is 2.22. The van der Waals surface area contributed by atoms with E-state index in [4.69, 9.17) is 0 Å². The summed E-state index contributed by atoms with van der Waals surface area (Å²) in [6.07, 6.45) is 1.77. The first-order valence-corrected chi connectivity index (χ1v) is 8.67.